The number of rotatable bonds is 9. The first-order chi connectivity index (χ1) is 14.2. The van der Waals surface area contributed by atoms with E-state index in [1.165, 1.54) is 4.90 Å². The molecule has 0 aliphatic rings. The number of nitrogens with one attached hydrogen (secondary N) is 1. The zero-order chi connectivity index (χ0) is 22.3. The van der Waals surface area contributed by atoms with Gasteiger partial charge in [-0.3, -0.25) is 9.59 Å². The molecule has 5 nitrogen and oxygen atoms in total. The van der Waals surface area contributed by atoms with Crippen LogP contribution in [0.5, 0.6) is 5.75 Å². The van der Waals surface area contributed by atoms with Crippen molar-refractivity contribution >= 4 is 46.6 Å². The number of halogens is 3. The zero-order valence-corrected chi connectivity index (χ0v) is 19.4. The fraction of sp³-hybridized carbons (Fsp3) is 0.364. The molecule has 2 rings (SSSR count). The summed E-state index contributed by atoms with van der Waals surface area (Å²) in [6.07, 6.45) is 0.785. The highest BCUT2D eigenvalue weighted by molar-refractivity contribution is 6.35. The molecule has 0 saturated heterocycles. The van der Waals surface area contributed by atoms with Gasteiger partial charge in [0.05, 0.1) is 0 Å². The van der Waals surface area contributed by atoms with Crippen LogP contribution in [0.3, 0.4) is 0 Å². The summed E-state index contributed by atoms with van der Waals surface area (Å²) in [6.45, 7) is 5.47. The van der Waals surface area contributed by atoms with E-state index in [0.717, 1.165) is 6.42 Å². The molecule has 8 heteroatoms. The normalized spacial score (nSPS) is 12.7. The van der Waals surface area contributed by atoms with Crippen LogP contribution in [0.25, 0.3) is 0 Å². The van der Waals surface area contributed by atoms with Crippen LogP contribution >= 0.6 is 34.8 Å². The molecule has 0 spiro atoms. The van der Waals surface area contributed by atoms with Gasteiger partial charge in [0.25, 0.3) is 5.91 Å². The van der Waals surface area contributed by atoms with E-state index in [4.69, 9.17) is 39.5 Å². The van der Waals surface area contributed by atoms with Gasteiger partial charge in [-0.15, -0.1) is 0 Å². The Labute approximate surface area is 192 Å². The van der Waals surface area contributed by atoms with Crippen LogP contribution in [0.1, 0.15) is 32.8 Å². The Hall–Kier alpha value is -1.95. The molecule has 0 bridgehead atoms. The van der Waals surface area contributed by atoms with Gasteiger partial charge in [0.15, 0.2) is 6.61 Å². The largest absolute Gasteiger partial charge is 0.484 e. The number of ether oxygens (including phenoxy) is 1. The molecule has 1 N–H and O–H groups in total. The van der Waals surface area contributed by atoms with Crippen LogP contribution in [0, 0.1) is 0 Å². The fourth-order valence-electron chi connectivity index (χ4n) is 2.67. The first-order valence-corrected chi connectivity index (χ1v) is 10.8. The zero-order valence-electron chi connectivity index (χ0n) is 17.1. The third kappa shape index (κ3) is 7.08. The maximum Gasteiger partial charge on any atom is 0.261 e. The van der Waals surface area contributed by atoms with Gasteiger partial charge in [-0.2, -0.15) is 0 Å². The summed E-state index contributed by atoms with van der Waals surface area (Å²) < 4.78 is 5.59. The molecule has 0 aliphatic heterocycles. The number of amides is 2. The second kappa shape index (κ2) is 11.4. The van der Waals surface area contributed by atoms with Crippen molar-refractivity contribution in [3.05, 3.63) is 63.1 Å². The van der Waals surface area contributed by atoms with Crippen LogP contribution in [-0.4, -0.2) is 35.4 Å². The fourth-order valence-corrected chi connectivity index (χ4v) is 3.31. The Morgan fingerprint density at radius 1 is 1.07 bits per heavy atom. The Kier molecular flexibility index (Phi) is 9.28. The summed E-state index contributed by atoms with van der Waals surface area (Å²) in [5.41, 5.74) is 0.681. The Morgan fingerprint density at radius 3 is 2.40 bits per heavy atom. The molecule has 2 atom stereocenters. The molecule has 0 aromatic heterocycles. The molecule has 0 fully saturated rings. The topological polar surface area (TPSA) is 58.6 Å². The number of nitrogens with zero attached hydrogens (tertiary/aromatic N) is 1. The molecule has 2 aromatic carbocycles. The van der Waals surface area contributed by atoms with Crippen molar-refractivity contribution in [2.24, 2.45) is 0 Å². The average Bonchev–Trinajstić information content (AvgIpc) is 2.71. The summed E-state index contributed by atoms with van der Waals surface area (Å²) in [5.74, 6) is -0.129. The van der Waals surface area contributed by atoms with Gasteiger partial charge in [0, 0.05) is 27.7 Å². The van der Waals surface area contributed by atoms with Gasteiger partial charge in [-0.05, 0) is 56.2 Å². The van der Waals surface area contributed by atoms with Gasteiger partial charge in [0.2, 0.25) is 5.91 Å². The first kappa shape index (κ1) is 24.3. The van der Waals surface area contributed by atoms with Crippen molar-refractivity contribution in [3.63, 3.8) is 0 Å². The lowest BCUT2D eigenvalue weighted by Gasteiger charge is -2.30. The van der Waals surface area contributed by atoms with Crippen molar-refractivity contribution in [1.82, 2.24) is 10.2 Å². The summed E-state index contributed by atoms with van der Waals surface area (Å²) in [4.78, 5) is 27.1. The Balaban J connectivity index is 2.20. The van der Waals surface area contributed by atoms with Gasteiger partial charge in [-0.25, -0.2) is 0 Å². The van der Waals surface area contributed by atoms with Crippen molar-refractivity contribution in [1.29, 1.82) is 0 Å². The molecule has 30 heavy (non-hydrogen) atoms. The minimum absolute atomic E-state index is 0.00117. The van der Waals surface area contributed by atoms with E-state index in [1.807, 2.05) is 13.8 Å². The van der Waals surface area contributed by atoms with Crippen molar-refractivity contribution in [2.75, 3.05) is 6.61 Å². The van der Waals surface area contributed by atoms with Crippen LogP contribution in [0.15, 0.2) is 42.5 Å². The Bertz CT molecular complexity index is 892. The van der Waals surface area contributed by atoms with E-state index in [0.29, 0.717) is 26.4 Å². The number of carbonyl (C=O) groups is 2. The second-order valence-electron chi connectivity index (χ2n) is 7.00. The summed E-state index contributed by atoms with van der Waals surface area (Å²) in [6, 6.07) is 11.1. The van der Waals surface area contributed by atoms with Gasteiger partial charge >= 0.3 is 0 Å². The van der Waals surface area contributed by atoms with Crippen LogP contribution in [-0.2, 0) is 16.1 Å². The standard InChI is InChI=1S/C22H25Cl3N2O3/c1-4-14(2)26-22(29)15(3)27(12-16-8-9-18(24)11-20(16)25)21(28)13-30-19-7-5-6-17(23)10-19/h5-11,14-15H,4,12-13H2,1-3H3,(H,26,29). The summed E-state index contributed by atoms with van der Waals surface area (Å²) >= 11 is 18.2. The van der Waals surface area contributed by atoms with E-state index in [1.54, 1.807) is 49.4 Å². The molecule has 2 aromatic rings. The SMILES string of the molecule is CCC(C)NC(=O)C(C)N(Cc1ccc(Cl)cc1Cl)C(=O)COc1cccc(Cl)c1. The lowest BCUT2D eigenvalue weighted by Crippen LogP contribution is -2.50. The van der Waals surface area contributed by atoms with Crippen molar-refractivity contribution < 1.29 is 14.3 Å². The van der Waals surface area contributed by atoms with Crippen LogP contribution < -0.4 is 10.1 Å². The Morgan fingerprint density at radius 2 is 1.77 bits per heavy atom. The maximum absolute atomic E-state index is 13.0. The molecule has 0 heterocycles. The molecular formula is C22H25Cl3N2O3. The molecular weight excluding hydrogens is 447 g/mol. The predicted octanol–water partition coefficient (Wildman–Crippen LogP) is 5.36. The van der Waals surface area contributed by atoms with E-state index in [2.05, 4.69) is 5.32 Å². The average molecular weight is 472 g/mol. The highest BCUT2D eigenvalue weighted by Crippen LogP contribution is 2.23. The van der Waals surface area contributed by atoms with Gasteiger partial charge < -0.3 is 15.0 Å². The van der Waals surface area contributed by atoms with Crippen LogP contribution in [0.4, 0.5) is 0 Å². The quantitative estimate of drug-likeness (QED) is 0.536. The first-order valence-electron chi connectivity index (χ1n) is 9.63. The third-order valence-corrected chi connectivity index (χ3v) is 5.50. The van der Waals surface area contributed by atoms with Gasteiger partial charge in [0.1, 0.15) is 11.8 Å². The highest BCUT2D eigenvalue weighted by Gasteiger charge is 2.27. The molecule has 162 valence electrons. The number of hydrogen-bond donors (Lipinski definition) is 1. The lowest BCUT2D eigenvalue weighted by atomic mass is 10.1. The smallest absolute Gasteiger partial charge is 0.261 e. The van der Waals surface area contributed by atoms with Crippen LogP contribution in [0.2, 0.25) is 15.1 Å². The predicted molar refractivity (Wildman–Crippen MR) is 121 cm³/mol. The van der Waals surface area contributed by atoms with E-state index in [9.17, 15) is 9.59 Å². The number of benzene rings is 2. The third-order valence-electron chi connectivity index (χ3n) is 4.68. The lowest BCUT2D eigenvalue weighted by molar-refractivity contribution is -0.142. The number of hydrogen-bond acceptors (Lipinski definition) is 3. The van der Waals surface area contributed by atoms with Crippen molar-refractivity contribution in [3.8, 4) is 5.75 Å². The molecule has 0 aliphatic carbocycles. The van der Waals surface area contributed by atoms with E-state index >= 15 is 0 Å². The minimum atomic E-state index is -0.721. The van der Waals surface area contributed by atoms with E-state index in [-0.39, 0.29) is 31.0 Å². The monoisotopic (exact) mass is 470 g/mol. The van der Waals surface area contributed by atoms with E-state index < -0.39 is 6.04 Å². The summed E-state index contributed by atoms with van der Waals surface area (Å²) in [7, 11) is 0. The highest BCUT2D eigenvalue weighted by atomic mass is 35.5. The second-order valence-corrected chi connectivity index (χ2v) is 8.28. The van der Waals surface area contributed by atoms with Gasteiger partial charge in [-0.1, -0.05) is 53.9 Å². The molecule has 0 saturated carbocycles. The maximum atomic E-state index is 13.0. The van der Waals surface area contributed by atoms with Crippen molar-refractivity contribution in [2.45, 2.75) is 45.8 Å². The summed E-state index contributed by atoms with van der Waals surface area (Å²) in [5, 5.41) is 4.33. The molecule has 2 amide bonds. The molecule has 2 unspecified atom stereocenters. The minimum Gasteiger partial charge on any atom is -0.484 e. The number of carbonyl (C=O) groups excluding carboxylic acids is 2. The molecule has 0 radical (unpaired) electrons.